The van der Waals surface area contributed by atoms with Crippen molar-refractivity contribution in [2.45, 2.75) is 38.5 Å². The van der Waals surface area contributed by atoms with Gasteiger partial charge in [0.25, 0.3) is 0 Å². The van der Waals surface area contributed by atoms with Gasteiger partial charge in [0.05, 0.1) is 4.88 Å². The van der Waals surface area contributed by atoms with E-state index in [9.17, 15) is 4.79 Å². The molecule has 1 aliphatic carbocycles. The van der Waals surface area contributed by atoms with Gasteiger partial charge in [0.2, 0.25) is 0 Å². The Morgan fingerprint density at radius 1 is 1.32 bits per heavy atom. The molecule has 0 N–H and O–H groups in total. The molecular formula is C17H18OS. The largest absolute Gasteiger partial charge is 0.293 e. The Hall–Kier alpha value is -1.41. The molecule has 0 bridgehead atoms. The molecule has 1 heterocycles. The molecular weight excluding hydrogens is 252 g/mol. The summed E-state index contributed by atoms with van der Waals surface area (Å²) in [5, 5.41) is 2.04. The van der Waals surface area contributed by atoms with Gasteiger partial charge < -0.3 is 0 Å². The molecule has 1 aliphatic rings. The van der Waals surface area contributed by atoms with E-state index in [1.54, 1.807) is 11.3 Å². The molecule has 1 unspecified atom stereocenters. The highest BCUT2D eigenvalue weighted by atomic mass is 32.1. The van der Waals surface area contributed by atoms with Crippen LogP contribution in [-0.4, -0.2) is 5.78 Å². The van der Waals surface area contributed by atoms with Crippen LogP contribution in [0.5, 0.6) is 0 Å². The van der Waals surface area contributed by atoms with Crippen LogP contribution in [-0.2, 0) is 12.8 Å². The third-order valence-corrected chi connectivity index (χ3v) is 5.01. The Morgan fingerprint density at radius 3 is 3.00 bits per heavy atom. The van der Waals surface area contributed by atoms with Crippen LogP contribution in [0.4, 0.5) is 0 Å². The lowest BCUT2D eigenvalue weighted by Gasteiger charge is -2.24. The number of thiophene rings is 1. The number of benzene rings is 1. The molecule has 0 spiro atoms. The zero-order valence-electron chi connectivity index (χ0n) is 11.2. The van der Waals surface area contributed by atoms with E-state index in [0.717, 1.165) is 30.6 Å². The fraction of sp³-hybridized carbons (Fsp3) is 0.353. The highest BCUT2D eigenvalue weighted by Crippen LogP contribution is 2.35. The zero-order chi connectivity index (χ0) is 13.2. The van der Waals surface area contributed by atoms with E-state index in [-0.39, 0.29) is 5.92 Å². The molecule has 3 rings (SSSR count). The number of rotatable bonds is 3. The molecule has 0 amide bonds. The van der Waals surface area contributed by atoms with Crippen LogP contribution in [0.25, 0.3) is 0 Å². The van der Waals surface area contributed by atoms with Gasteiger partial charge in [0.1, 0.15) is 0 Å². The van der Waals surface area contributed by atoms with E-state index in [1.807, 2.05) is 5.38 Å². The summed E-state index contributed by atoms with van der Waals surface area (Å²) in [5.74, 6) is 0.410. The van der Waals surface area contributed by atoms with Crippen molar-refractivity contribution in [1.29, 1.82) is 0 Å². The van der Waals surface area contributed by atoms with Crippen molar-refractivity contribution in [2.75, 3.05) is 0 Å². The molecule has 0 radical (unpaired) electrons. The minimum atomic E-state index is 0.0777. The summed E-state index contributed by atoms with van der Waals surface area (Å²) in [5.41, 5.74) is 3.83. The number of Topliss-reactive ketones (excluding diaryl/α,β-unsaturated/α-hetero) is 1. The number of aryl methyl sites for hydroxylation is 2. The fourth-order valence-corrected chi connectivity index (χ4v) is 4.01. The number of fused-ring (bicyclic) bond motifs is 1. The Morgan fingerprint density at radius 2 is 2.16 bits per heavy atom. The Labute approximate surface area is 118 Å². The number of hydrogen-bond donors (Lipinski definition) is 0. The van der Waals surface area contributed by atoms with E-state index >= 15 is 0 Å². The van der Waals surface area contributed by atoms with Crippen molar-refractivity contribution in [3.63, 3.8) is 0 Å². The van der Waals surface area contributed by atoms with Crippen molar-refractivity contribution < 1.29 is 4.79 Å². The topological polar surface area (TPSA) is 17.1 Å². The molecule has 1 aromatic carbocycles. The predicted molar refractivity (Wildman–Crippen MR) is 80.1 cm³/mol. The normalized spacial score (nSPS) is 18.1. The van der Waals surface area contributed by atoms with Crippen molar-refractivity contribution in [3.8, 4) is 0 Å². The summed E-state index contributed by atoms with van der Waals surface area (Å²) in [6.07, 6.45) is 4.18. The third kappa shape index (κ3) is 2.25. The van der Waals surface area contributed by atoms with Gasteiger partial charge in [0.15, 0.2) is 5.78 Å². The quantitative estimate of drug-likeness (QED) is 0.744. The van der Waals surface area contributed by atoms with Crippen LogP contribution >= 0.6 is 11.3 Å². The molecule has 1 atom stereocenters. The van der Waals surface area contributed by atoms with E-state index in [4.69, 9.17) is 0 Å². The smallest absolute Gasteiger partial charge is 0.180 e. The molecule has 2 aromatic rings. The SMILES string of the molecule is CCc1ccsc1C(=O)C1CCCc2ccccc21. The van der Waals surface area contributed by atoms with E-state index in [0.29, 0.717) is 5.78 Å². The van der Waals surface area contributed by atoms with E-state index in [1.165, 1.54) is 16.7 Å². The van der Waals surface area contributed by atoms with Gasteiger partial charge in [-0.05, 0) is 53.8 Å². The summed E-state index contributed by atoms with van der Waals surface area (Å²) < 4.78 is 0. The van der Waals surface area contributed by atoms with Crippen molar-refractivity contribution in [1.82, 2.24) is 0 Å². The number of ketones is 1. The molecule has 1 nitrogen and oxygen atoms in total. The lowest BCUT2D eigenvalue weighted by Crippen LogP contribution is -2.18. The number of hydrogen-bond acceptors (Lipinski definition) is 2. The van der Waals surface area contributed by atoms with Crippen LogP contribution in [0.15, 0.2) is 35.7 Å². The maximum absolute atomic E-state index is 12.8. The highest BCUT2D eigenvalue weighted by Gasteiger charge is 2.28. The predicted octanol–water partition coefficient (Wildman–Crippen LogP) is 4.61. The van der Waals surface area contributed by atoms with Gasteiger partial charge in [0, 0.05) is 5.92 Å². The average Bonchev–Trinajstić information content (AvgIpc) is 2.94. The van der Waals surface area contributed by atoms with Crippen molar-refractivity contribution in [2.24, 2.45) is 0 Å². The van der Waals surface area contributed by atoms with Gasteiger partial charge in [-0.3, -0.25) is 4.79 Å². The molecule has 19 heavy (non-hydrogen) atoms. The second kappa shape index (κ2) is 5.30. The molecule has 0 saturated carbocycles. The molecule has 0 aliphatic heterocycles. The van der Waals surface area contributed by atoms with Crippen LogP contribution in [0.2, 0.25) is 0 Å². The molecule has 2 heteroatoms. The zero-order valence-corrected chi connectivity index (χ0v) is 12.0. The minimum absolute atomic E-state index is 0.0777. The standard InChI is InChI=1S/C17H18OS/c1-2-12-10-11-19-17(12)16(18)15-9-5-7-13-6-3-4-8-14(13)15/h3-4,6,8,10-11,15H,2,5,7,9H2,1H3. The van der Waals surface area contributed by atoms with Gasteiger partial charge in [-0.2, -0.15) is 0 Å². The first kappa shape index (κ1) is 12.6. The van der Waals surface area contributed by atoms with E-state index < -0.39 is 0 Å². The first-order valence-electron chi connectivity index (χ1n) is 6.99. The molecule has 0 fully saturated rings. The number of carbonyl (C=O) groups is 1. The Bertz CT molecular complexity index is 597. The maximum atomic E-state index is 12.8. The number of carbonyl (C=O) groups excluding carboxylic acids is 1. The summed E-state index contributed by atoms with van der Waals surface area (Å²) >= 11 is 1.60. The van der Waals surface area contributed by atoms with Crippen LogP contribution < -0.4 is 0 Å². The van der Waals surface area contributed by atoms with Crippen LogP contribution in [0.1, 0.15) is 52.0 Å². The Kier molecular flexibility index (Phi) is 3.52. The van der Waals surface area contributed by atoms with Gasteiger partial charge in [-0.15, -0.1) is 11.3 Å². The highest BCUT2D eigenvalue weighted by molar-refractivity contribution is 7.12. The first-order chi connectivity index (χ1) is 9.31. The molecule has 98 valence electrons. The third-order valence-electron chi connectivity index (χ3n) is 4.04. The molecule has 0 saturated heterocycles. The second-order valence-electron chi connectivity index (χ2n) is 5.14. The maximum Gasteiger partial charge on any atom is 0.180 e. The summed E-state index contributed by atoms with van der Waals surface area (Å²) in [6, 6.07) is 10.5. The van der Waals surface area contributed by atoms with Crippen LogP contribution in [0, 0.1) is 0 Å². The Balaban J connectivity index is 1.98. The summed E-state index contributed by atoms with van der Waals surface area (Å²) in [4.78, 5) is 13.8. The summed E-state index contributed by atoms with van der Waals surface area (Å²) in [6.45, 7) is 2.12. The monoisotopic (exact) mass is 270 g/mol. The van der Waals surface area contributed by atoms with Gasteiger partial charge in [-0.25, -0.2) is 0 Å². The minimum Gasteiger partial charge on any atom is -0.293 e. The van der Waals surface area contributed by atoms with Gasteiger partial charge in [-0.1, -0.05) is 31.2 Å². The van der Waals surface area contributed by atoms with Gasteiger partial charge >= 0.3 is 0 Å². The molecule has 1 aromatic heterocycles. The average molecular weight is 270 g/mol. The van der Waals surface area contributed by atoms with E-state index in [2.05, 4.69) is 37.3 Å². The van der Waals surface area contributed by atoms with Crippen LogP contribution in [0.3, 0.4) is 0 Å². The lowest BCUT2D eigenvalue weighted by molar-refractivity contribution is 0.0954. The first-order valence-corrected chi connectivity index (χ1v) is 7.87. The van der Waals surface area contributed by atoms with Crippen molar-refractivity contribution in [3.05, 3.63) is 57.3 Å². The summed E-state index contributed by atoms with van der Waals surface area (Å²) in [7, 11) is 0. The second-order valence-corrected chi connectivity index (χ2v) is 6.05. The fourth-order valence-electron chi connectivity index (χ4n) is 3.01. The van der Waals surface area contributed by atoms with Crippen molar-refractivity contribution >= 4 is 17.1 Å². The lowest BCUT2D eigenvalue weighted by atomic mass is 9.80.